The standard InChI is InChI=1S/C12H11N3/c13-7-1-3-11-9(5-7)10-6-8(14)2-4-12(10)15-11/h1-6,15H,13-14H2/i1D,2D,3D,4D,5D,6D. The molecule has 15 heavy (non-hydrogen) atoms. The van der Waals surface area contributed by atoms with Crippen molar-refractivity contribution < 1.29 is 8.22 Å². The summed E-state index contributed by atoms with van der Waals surface area (Å²) >= 11 is 0. The van der Waals surface area contributed by atoms with Gasteiger partial charge in [0, 0.05) is 33.2 Å². The molecule has 0 radical (unpaired) electrons. The van der Waals surface area contributed by atoms with Gasteiger partial charge in [0.15, 0.2) is 0 Å². The zero-order valence-electron chi connectivity index (χ0n) is 13.7. The number of aromatic amines is 1. The van der Waals surface area contributed by atoms with E-state index in [1.54, 1.807) is 0 Å². The maximum atomic E-state index is 8.04. The molecule has 3 rings (SSSR count). The highest BCUT2D eigenvalue weighted by Crippen LogP contribution is 2.28. The van der Waals surface area contributed by atoms with Crippen LogP contribution in [0.2, 0.25) is 0 Å². The molecule has 0 unspecified atom stereocenters. The second-order valence-electron chi connectivity index (χ2n) is 3.20. The lowest BCUT2D eigenvalue weighted by atomic mass is 10.1. The molecule has 3 aromatic rings. The van der Waals surface area contributed by atoms with Crippen LogP contribution in [0.5, 0.6) is 0 Å². The first-order chi connectivity index (χ1) is 9.77. The Balaban J connectivity index is 2.73. The highest BCUT2D eigenvalue weighted by molar-refractivity contribution is 6.09. The van der Waals surface area contributed by atoms with Crippen molar-refractivity contribution >= 4 is 33.2 Å². The maximum absolute atomic E-state index is 8.04. The third kappa shape index (κ3) is 1.13. The Morgan fingerprint density at radius 3 is 1.80 bits per heavy atom. The van der Waals surface area contributed by atoms with Gasteiger partial charge in [-0.25, -0.2) is 0 Å². The van der Waals surface area contributed by atoms with Crippen LogP contribution in [0.15, 0.2) is 36.3 Å². The van der Waals surface area contributed by atoms with Gasteiger partial charge in [0.25, 0.3) is 0 Å². The van der Waals surface area contributed by atoms with Crippen molar-refractivity contribution in [3.05, 3.63) is 36.3 Å². The van der Waals surface area contributed by atoms with E-state index in [4.69, 9.17) is 19.7 Å². The molecule has 0 fully saturated rings. The monoisotopic (exact) mass is 203 g/mol. The normalized spacial score (nSPS) is 16.8. The average Bonchev–Trinajstić information content (AvgIpc) is 2.87. The predicted molar refractivity (Wildman–Crippen MR) is 64.6 cm³/mol. The number of nitrogens with one attached hydrogen (secondary N) is 1. The van der Waals surface area contributed by atoms with Gasteiger partial charge in [-0.2, -0.15) is 0 Å². The number of hydrogen-bond acceptors (Lipinski definition) is 2. The van der Waals surface area contributed by atoms with Gasteiger partial charge < -0.3 is 16.5 Å². The molecule has 0 bridgehead atoms. The molecule has 0 atom stereocenters. The summed E-state index contributed by atoms with van der Waals surface area (Å²) in [5.74, 6) is 0. The molecule has 74 valence electrons. The molecule has 0 spiro atoms. The van der Waals surface area contributed by atoms with Crippen LogP contribution in [-0.2, 0) is 0 Å². The molecule has 1 heterocycles. The Labute approximate surface area is 95.1 Å². The van der Waals surface area contributed by atoms with Gasteiger partial charge in [-0.15, -0.1) is 0 Å². The SMILES string of the molecule is [2H]c1c(N)c([2H])c2c([nH]c3c([2H])c([2H])c(N)c([2H])c32)c1[2H]. The largest absolute Gasteiger partial charge is 0.399 e. The van der Waals surface area contributed by atoms with Crippen LogP contribution in [0.25, 0.3) is 21.8 Å². The van der Waals surface area contributed by atoms with Gasteiger partial charge in [0.2, 0.25) is 0 Å². The molecule has 5 N–H and O–H groups in total. The van der Waals surface area contributed by atoms with Gasteiger partial charge in [0.1, 0.15) is 0 Å². The molecule has 2 aromatic carbocycles. The van der Waals surface area contributed by atoms with E-state index in [0.717, 1.165) is 0 Å². The minimum Gasteiger partial charge on any atom is -0.399 e. The van der Waals surface area contributed by atoms with Gasteiger partial charge in [-0.05, 0) is 36.3 Å². The van der Waals surface area contributed by atoms with Gasteiger partial charge in [-0.3, -0.25) is 0 Å². The maximum Gasteiger partial charge on any atom is 0.0652 e. The van der Waals surface area contributed by atoms with Crippen molar-refractivity contribution in [1.82, 2.24) is 4.98 Å². The molecule has 0 aliphatic rings. The van der Waals surface area contributed by atoms with E-state index in [1.165, 1.54) is 0 Å². The molecule has 0 amide bonds. The van der Waals surface area contributed by atoms with E-state index in [9.17, 15) is 0 Å². The second kappa shape index (κ2) is 2.67. The first kappa shape index (κ1) is 4.14. The fraction of sp³-hybridized carbons (Fsp3) is 0. The lowest BCUT2D eigenvalue weighted by molar-refractivity contribution is 1.54. The first-order valence-electron chi connectivity index (χ1n) is 7.33. The zero-order valence-corrected chi connectivity index (χ0v) is 7.65. The molecule has 3 nitrogen and oxygen atoms in total. The van der Waals surface area contributed by atoms with Crippen molar-refractivity contribution in [2.45, 2.75) is 0 Å². The fourth-order valence-corrected chi connectivity index (χ4v) is 1.53. The average molecular weight is 203 g/mol. The number of H-pyrrole nitrogens is 1. The fourth-order valence-electron chi connectivity index (χ4n) is 1.53. The number of fused-ring (bicyclic) bond motifs is 3. The molecule has 0 aliphatic heterocycles. The Morgan fingerprint density at radius 1 is 0.867 bits per heavy atom. The van der Waals surface area contributed by atoms with Gasteiger partial charge in [-0.1, -0.05) is 0 Å². The van der Waals surface area contributed by atoms with Crippen LogP contribution in [0.1, 0.15) is 8.22 Å². The predicted octanol–water partition coefficient (Wildman–Crippen LogP) is 2.49. The molecule has 0 aliphatic carbocycles. The van der Waals surface area contributed by atoms with Crippen LogP contribution in [0.3, 0.4) is 0 Å². The van der Waals surface area contributed by atoms with E-state index in [2.05, 4.69) is 4.98 Å². The van der Waals surface area contributed by atoms with Crippen LogP contribution < -0.4 is 11.5 Å². The van der Waals surface area contributed by atoms with Crippen molar-refractivity contribution in [3.8, 4) is 0 Å². The Kier molecular flexibility index (Phi) is 0.737. The van der Waals surface area contributed by atoms with Crippen LogP contribution in [0.4, 0.5) is 11.4 Å². The molecular weight excluding hydrogens is 186 g/mol. The number of nitrogen functional groups attached to an aromatic ring is 2. The summed E-state index contributed by atoms with van der Waals surface area (Å²) in [6.45, 7) is 0. The Hall–Kier alpha value is -2.16. The lowest BCUT2D eigenvalue weighted by Gasteiger charge is -1.95. The minimum absolute atomic E-state index is 0.154. The quantitative estimate of drug-likeness (QED) is 0.491. The topological polar surface area (TPSA) is 67.8 Å². The van der Waals surface area contributed by atoms with Crippen molar-refractivity contribution in [3.63, 3.8) is 0 Å². The Morgan fingerprint density at radius 2 is 1.33 bits per heavy atom. The summed E-state index contributed by atoms with van der Waals surface area (Å²) in [6, 6.07) is -1.34. The number of rotatable bonds is 0. The number of anilines is 2. The van der Waals surface area contributed by atoms with Crippen molar-refractivity contribution in [2.75, 3.05) is 11.5 Å². The smallest absolute Gasteiger partial charge is 0.0652 e. The number of nitrogens with two attached hydrogens (primary N) is 2. The zero-order chi connectivity index (χ0) is 15.6. The molecule has 1 aromatic heterocycles. The van der Waals surface area contributed by atoms with Crippen LogP contribution >= 0.6 is 0 Å². The second-order valence-corrected chi connectivity index (χ2v) is 3.20. The lowest BCUT2D eigenvalue weighted by Crippen LogP contribution is -1.83. The number of benzene rings is 2. The van der Waals surface area contributed by atoms with E-state index < -0.39 is 0 Å². The highest BCUT2D eigenvalue weighted by Gasteiger charge is 2.04. The Bertz CT molecular complexity index is 857. The van der Waals surface area contributed by atoms with Crippen molar-refractivity contribution in [2.24, 2.45) is 0 Å². The van der Waals surface area contributed by atoms with E-state index in [1.807, 2.05) is 0 Å². The summed E-state index contributed by atoms with van der Waals surface area (Å²) in [4.78, 5) is 2.77. The van der Waals surface area contributed by atoms with Gasteiger partial charge in [0.05, 0.1) is 8.22 Å². The summed E-state index contributed by atoms with van der Waals surface area (Å²) in [5, 5.41) is 0.377. The summed E-state index contributed by atoms with van der Waals surface area (Å²) in [5.41, 5.74) is 11.3. The van der Waals surface area contributed by atoms with Gasteiger partial charge >= 0.3 is 0 Å². The molecular formula is C12H11N3. The molecule has 3 heteroatoms. The molecule has 0 saturated heterocycles. The number of aromatic nitrogens is 1. The molecule has 0 saturated carbocycles. The third-order valence-corrected chi connectivity index (χ3v) is 2.16. The van der Waals surface area contributed by atoms with Crippen LogP contribution in [0, 0.1) is 0 Å². The summed E-state index contributed by atoms with van der Waals surface area (Å²) in [7, 11) is 0. The van der Waals surface area contributed by atoms with Crippen LogP contribution in [-0.4, -0.2) is 4.98 Å². The van der Waals surface area contributed by atoms with E-state index in [-0.39, 0.29) is 69.4 Å². The van der Waals surface area contributed by atoms with E-state index >= 15 is 0 Å². The first-order valence-corrected chi connectivity index (χ1v) is 4.33. The minimum atomic E-state index is -0.281. The summed E-state index contributed by atoms with van der Waals surface area (Å²) in [6.07, 6.45) is 0. The summed E-state index contributed by atoms with van der Waals surface area (Å²) < 4.78 is 47.4. The highest BCUT2D eigenvalue weighted by atomic mass is 14.7. The van der Waals surface area contributed by atoms with E-state index in [0.29, 0.717) is 0 Å². The number of hydrogen-bond donors (Lipinski definition) is 3. The third-order valence-electron chi connectivity index (χ3n) is 2.16. The van der Waals surface area contributed by atoms with Crippen molar-refractivity contribution in [1.29, 1.82) is 0 Å².